The van der Waals surface area contributed by atoms with Crippen molar-refractivity contribution in [3.05, 3.63) is 59.2 Å². The Kier molecular flexibility index (Phi) is 5.67. The third kappa shape index (κ3) is 4.00. The molecule has 6 nitrogen and oxygen atoms in total. The summed E-state index contributed by atoms with van der Waals surface area (Å²) >= 11 is 0. The molecule has 1 saturated heterocycles. The molecule has 0 amide bonds. The van der Waals surface area contributed by atoms with Crippen LogP contribution in [0.5, 0.6) is 5.75 Å². The lowest BCUT2D eigenvalue weighted by Gasteiger charge is -2.31. The molecule has 1 heterocycles. The van der Waals surface area contributed by atoms with E-state index in [0.717, 1.165) is 24.8 Å². The lowest BCUT2D eigenvalue weighted by atomic mass is 9.87. The van der Waals surface area contributed by atoms with E-state index in [-0.39, 0.29) is 22.4 Å². The van der Waals surface area contributed by atoms with Gasteiger partial charge in [-0.05, 0) is 61.1 Å². The number of ether oxygens (including phenoxy) is 1. The van der Waals surface area contributed by atoms with Crippen LogP contribution in [-0.4, -0.2) is 46.7 Å². The molecule has 3 atom stereocenters. The van der Waals surface area contributed by atoms with Crippen molar-refractivity contribution in [3.63, 3.8) is 0 Å². The first-order chi connectivity index (χ1) is 14.2. The van der Waals surface area contributed by atoms with E-state index < -0.39 is 31.0 Å². The maximum atomic E-state index is 13.4. The molecule has 1 unspecified atom stereocenters. The molecule has 1 aliphatic heterocycles. The zero-order valence-electron chi connectivity index (χ0n) is 17.2. The van der Waals surface area contributed by atoms with Gasteiger partial charge in [-0.25, -0.2) is 16.8 Å². The molecule has 162 valence electrons. The van der Waals surface area contributed by atoms with Gasteiger partial charge in [-0.3, -0.25) is 0 Å². The summed E-state index contributed by atoms with van der Waals surface area (Å²) in [6, 6.07) is 12.1. The number of methoxy groups -OCH3 is 1. The highest BCUT2D eigenvalue weighted by Crippen LogP contribution is 2.34. The number of hydrogen-bond donors (Lipinski definition) is 1. The topological polar surface area (TPSA) is 89.5 Å². The predicted molar refractivity (Wildman–Crippen MR) is 116 cm³/mol. The zero-order chi connectivity index (χ0) is 21.5. The average Bonchev–Trinajstić information content (AvgIpc) is 3.03. The highest BCUT2D eigenvalue weighted by molar-refractivity contribution is 7.96. The van der Waals surface area contributed by atoms with Gasteiger partial charge < -0.3 is 10.1 Å². The Morgan fingerprint density at radius 2 is 1.87 bits per heavy atom. The Bertz CT molecular complexity index is 1160. The highest BCUT2D eigenvalue weighted by Gasteiger charge is 2.46. The molecule has 4 rings (SSSR count). The largest absolute Gasteiger partial charge is 0.496 e. The van der Waals surface area contributed by atoms with Crippen molar-refractivity contribution in [2.75, 3.05) is 18.6 Å². The molecule has 1 fully saturated rings. The maximum absolute atomic E-state index is 13.4. The van der Waals surface area contributed by atoms with Gasteiger partial charge in [0.2, 0.25) is 0 Å². The second-order valence-corrected chi connectivity index (χ2v) is 12.5. The first kappa shape index (κ1) is 21.3. The fourth-order valence-electron chi connectivity index (χ4n) is 4.66. The summed E-state index contributed by atoms with van der Waals surface area (Å²) in [5.41, 5.74) is 3.09. The van der Waals surface area contributed by atoms with E-state index in [1.807, 2.05) is 18.2 Å². The summed E-state index contributed by atoms with van der Waals surface area (Å²) in [5.74, 6) is 0.0819. The summed E-state index contributed by atoms with van der Waals surface area (Å²) in [6.45, 7) is 1.78. The van der Waals surface area contributed by atoms with Crippen molar-refractivity contribution in [2.24, 2.45) is 0 Å². The second kappa shape index (κ2) is 7.98. The average molecular weight is 450 g/mol. The molecule has 2 aliphatic rings. The van der Waals surface area contributed by atoms with Crippen LogP contribution in [0, 0.1) is 6.92 Å². The number of sulfone groups is 2. The predicted octanol–water partition coefficient (Wildman–Crippen LogP) is 2.61. The third-order valence-corrected chi connectivity index (χ3v) is 10.3. The Hall–Kier alpha value is -1.90. The number of rotatable bonds is 5. The number of benzene rings is 2. The number of hydrogen-bond acceptors (Lipinski definition) is 6. The number of fused-ring (bicyclic) bond motifs is 1. The van der Waals surface area contributed by atoms with E-state index in [4.69, 9.17) is 4.74 Å². The van der Waals surface area contributed by atoms with Gasteiger partial charge in [0.25, 0.3) is 0 Å². The van der Waals surface area contributed by atoms with Crippen molar-refractivity contribution >= 4 is 19.7 Å². The summed E-state index contributed by atoms with van der Waals surface area (Å²) in [4.78, 5) is 0.138. The fourth-order valence-corrected chi connectivity index (χ4v) is 9.43. The molecule has 0 bridgehead atoms. The molecule has 2 aromatic rings. The zero-order valence-corrected chi connectivity index (χ0v) is 18.8. The SMILES string of the molecule is COc1ccc(S(=O)(=O)[C@H]2CS(=O)(=O)C[C@@H]2NC2CCCc3ccccc32)cc1C. The summed E-state index contributed by atoms with van der Waals surface area (Å²) in [7, 11) is -5.76. The molecule has 30 heavy (non-hydrogen) atoms. The fraction of sp³-hybridized carbons (Fsp3) is 0.455. The number of aryl methyl sites for hydroxylation is 2. The first-order valence-corrected chi connectivity index (χ1v) is 13.5. The van der Waals surface area contributed by atoms with Crippen LogP contribution in [0.3, 0.4) is 0 Å². The van der Waals surface area contributed by atoms with Crippen molar-refractivity contribution in [2.45, 2.75) is 48.4 Å². The van der Waals surface area contributed by atoms with E-state index in [2.05, 4.69) is 11.4 Å². The van der Waals surface area contributed by atoms with Gasteiger partial charge in [0, 0.05) is 12.1 Å². The van der Waals surface area contributed by atoms with Gasteiger partial charge >= 0.3 is 0 Å². The highest BCUT2D eigenvalue weighted by atomic mass is 32.2. The third-order valence-electron chi connectivity index (χ3n) is 6.18. The smallest absolute Gasteiger partial charge is 0.183 e. The van der Waals surface area contributed by atoms with Gasteiger partial charge in [0.05, 0.1) is 28.8 Å². The normalized spacial score (nSPS) is 25.6. The quantitative estimate of drug-likeness (QED) is 0.755. The van der Waals surface area contributed by atoms with Gasteiger partial charge in [-0.2, -0.15) is 0 Å². The molecule has 1 N–H and O–H groups in total. The second-order valence-electron chi connectivity index (χ2n) is 8.21. The Morgan fingerprint density at radius 3 is 2.60 bits per heavy atom. The molecule has 1 aliphatic carbocycles. The van der Waals surface area contributed by atoms with Crippen LogP contribution < -0.4 is 10.1 Å². The van der Waals surface area contributed by atoms with Crippen LogP contribution >= 0.6 is 0 Å². The van der Waals surface area contributed by atoms with E-state index >= 15 is 0 Å². The molecule has 2 aromatic carbocycles. The minimum Gasteiger partial charge on any atom is -0.496 e. The van der Waals surface area contributed by atoms with Crippen LogP contribution in [-0.2, 0) is 26.1 Å². The van der Waals surface area contributed by atoms with Crippen molar-refractivity contribution < 1.29 is 21.6 Å². The Morgan fingerprint density at radius 1 is 1.10 bits per heavy atom. The van der Waals surface area contributed by atoms with Crippen LogP contribution in [0.4, 0.5) is 0 Å². The lowest BCUT2D eigenvalue weighted by Crippen LogP contribution is -2.45. The van der Waals surface area contributed by atoms with E-state index in [1.165, 1.54) is 18.7 Å². The van der Waals surface area contributed by atoms with E-state index in [9.17, 15) is 16.8 Å². The Balaban J connectivity index is 1.66. The summed E-state index contributed by atoms with van der Waals surface area (Å²) < 4.78 is 57.0. The molecular weight excluding hydrogens is 422 g/mol. The minimum atomic E-state index is -3.83. The van der Waals surface area contributed by atoms with Crippen molar-refractivity contribution in [1.82, 2.24) is 5.32 Å². The standard InChI is InChI=1S/C22H27NO5S2/c1-15-12-17(10-11-21(15)28-2)30(26,27)22-14-29(24,25)13-20(22)23-19-9-5-7-16-6-3-4-8-18(16)19/h3-4,6,8,10-12,19-20,22-23H,5,7,9,13-14H2,1-2H3/t19?,20-,22-/m0/s1. The summed E-state index contributed by atoms with van der Waals surface area (Å²) in [5, 5.41) is 2.40. The molecule has 8 heteroatoms. The van der Waals surface area contributed by atoms with Gasteiger partial charge in [0.15, 0.2) is 19.7 Å². The van der Waals surface area contributed by atoms with E-state index in [1.54, 1.807) is 19.1 Å². The van der Waals surface area contributed by atoms with Crippen molar-refractivity contribution in [3.8, 4) is 5.75 Å². The van der Waals surface area contributed by atoms with Crippen LogP contribution in [0.1, 0.15) is 35.6 Å². The first-order valence-electron chi connectivity index (χ1n) is 10.1. The van der Waals surface area contributed by atoms with Gasteiger partial charge in [0.1, 0.15) is 5.75 Å². The molecule has 0 radical (unpaired) electrons. The van der Waals surface area contributed by atoms with Crippen LogP contribution in [0.25, 0.3) is 0 Å². The van der Waals surface area contributed by atoms with E-state index in [0.29, 0.717) is 11.3 Å². The molecule has 0 spiro atoms. The molecule has 0 saturated carbocycles. The molecular formula is C22H27NO5S2. The van der Waals surface area contributed by atoms with Gasteiger partial charge in [-0.15, -0.1) is 0 Å². The van der Waals surface area contributed by atoms with Gasteiger partial charge in [-0.1, -0.05) is 24.3 Å². The van der Waals surface area contributed by atoms with Crippen LogP contribution in [0.2, 0.25) is 0 Å². The van der Waals surface area contributed by atoms with Crippen molar-refractivity contribution in [1.29, 1.82) is 0 Å². The summed E-state index contributed by atoms with van der Waals surface area (Å²) in [6.07, 6.45) is 2.84. The lowest BCUT2D eigenvalue weighted by molar-refractivity contribution is 0.409. The number of nitrogens with one attached hydrogen (secondary N) is 1. The Labute approximate surface area is 178 Å². The minimum absolute atomic E-state index is 0.0384. The maximum Gasteiger partial charge on any atom is 0.183 e. The van der Waals surface area contributed by atoms with Crippen LogP contribution in [0.15, 0.2) is 47.4 Å². The monoisotopic (exact) mass is 449 g/mol. The molecule has 0 aromatic heterocycles.